The van der Waals surface area contributed by atoms with Crippen molar-refractivity contribution in [3.8, 4) is 0 Å². The van der Waals surface area contributed by atoms with Crippen molar-refractivity contribution in [1.82, 2.24) is 0 Å². The van der Waals surface area contributed by atoms with Crippen LogP contribution in [0.4, 0.5) is 0 Å². The summed E-state index contributed by atoms with van der Waals surface area (Å²) in [5, 5.41) is 9.33. The number of aliphatic hydroxyl groups is 1. The van der Waals surface area contributed by atoms with Crippen LogP contribution in [0.25, 0.3) is 0 Å². The summed E-state index contributed by atoms with van der Waals surface area (Å²) >= 11 is 0. The molecular weight excluding hydrogens is 284 g/mol. The fraction of sp³-hybridized carbons (Fsp3) is 0.762. The maximum atomic E-state index is 12.2. The van der Waals surface area contributed by atoms with Crippen molar-refractivity contribution in [2.45, 2.75) is 65.2 Å². The maximum Gasteiger partial charge on any atom is 0.184 e. The van der Waals surface area contributed by atoms with Crippen molar-refractivity contribution in [2.75, 3.05) is 6.61 Å². The van der Waals surface area contributed by atoms with Gasteiger partial charge in [-0.25, -0.2) is 0 Å². The molecule has 5 atom stereocenters. The molecule has 0 radical (unpaired) electrons. The van der Waals surface area contributed by atoms with E-state index in [-0.39, 0.29) is 17.8 Å². The number of aliphatic hydroxyl groups excluding tert-OH is 1. The number of ketones is 1. The first-order valence-corrected chi connectivity index (χ1v) is 9.55. The average Bonchev–Trinajstić information content (AvgIpc) is 2.91. The topological polar surface area (TPSA) is 37.3 Å². The Morgan fingerprint density at radius 2 is 1.96 bits per heavy atom. The number of carbonyl (C=O) groups is 1. The first-order valence-electron chi connectivity index (χ1n) is 9.55. The Kier molecular flexibility index (Phi) is 3.61. The molecule has 0 aromatic heterocycles. The van der Waals surface area contributed by atoms with Gasteiger partial charge in [0.25, 0.3) is 0 Å². The average molecular weight is 314 g/mol. The Labute approximate surface area is 140 Å². The van der Waals surface area contributed by atoms with Crippen molar-refractivity contribution in [1.29, 1.82) is 0 Å². The minimum atomic E-state index is -0.329. The lowest BCUT2D eigenvalue weighted by Gasteiger charge is -2.57. The second kappa shape index (κ2) is 5.31. The van der Waals surface area contributed by atoms with Crippen molar-refractivity contribution >= 4 is 5.78 Å². The van der Waals surface area contributed by atoms with E-state index >= 15 is 0 Å². The molecule has 0 heterocycles. The van der Waals surface area contributed by atoms with Gasteiger partial charge in [0, 0.05) is 0 Å². The molecule has 0 spiro atoms. The van der Waals surface area contributed by atoms with Gasteiger partial charge in [0.15, 0.2) is 5.78 Å². The van der Waals surface area contributed by atoms with E-state index in [9.17, 15) is 9.90 Å². The van der Waals surface area contributed by atoms with Crippen LogP contribution in [0.5, 0.6) is 0 Å². The Balaban J connectivity index is 1.66. The lowest BCUT2D eigenvalue weighted by atomic mass is 9.47. The smallest absolute Gasteiger partial charge is 0.184 e. The van der Waals surface area contributed by atoms with Crippen LogP contribution in [0.1, 0.15) is 65.2 Å². The van der Waals surface area contributed by atoms with Gasteiger partial charge in [-0.1, -0.05) is 38.0 Å². The number of rotatable bonds is 2. The van der Waals surface area contributed by atoms with Gasteiger partial charge in [-0.2, -0.15) is 0 Å². The van der Waals surface area contributed by atoms with Crippen LogP contribution in [0, 0.1) is 28.6 Å². The van der Waals surface area contributed by atoms with E-state index in [1.54, 1.807) is 5.57 Å². The molecule has 0 aromatic rings. The molecule has 0 bridgehead atoms. The van der Waals surface area contributed by atoms with Gasteiger partial charge >= 0.3 is 0 Å². The molecule has 2 heteroatoms. The van der Waals surface area contributed by atoms with Gasteiger partial charge in [0.2, 0.25) is 0 Å². The number of fused-ring (bicyclic) bond motifs is 5. The number of Topliss-reactive ketones (excluding diaryl/α,β-unsaturated/α-hetero) is 1. The zero-order valence-corrected chi connectivity index (χ0v) is 14.6. The molecule has 1 N–H and O–H groups in total. The highest BCUT2D eigenvalue weighted by molar-refractivity contribution is 5.98. The molecule has 4 aliphatic carbocycles. The van der Waals surface area contributed by atoms with Crippen LogP contribution in [0.2, 0.25) is 0 Å². The van der Waals surface area contributed by atoms with Crippen LogP contribution in [-0.2, 0) is 4.79 Å². The van der Waals surface area contributed by atoms with Crippen molar-refractivity contribution in [3.63, 3.8) is 0 Å². The van der Waals surface area contributed by atoms with Crippen LogP contribution in [0.15, 0.2) is 23.3 Å². The molecular formula is C21H30O2. The summed E-state index contributed by atoms with van der Waals surface area (Å²) < 4.78 is 0. The quantitative estimate of drug-likeness (QED) is 0.765. The van der Waals surface area contributed by atoms with E-state index in [1.807, 2.05) is 0 Å². The molecule has 4 rings (SSSR count). The minimum absolute atomic E-state index is 0.0113. The zero-order chi connectivity index (χ0) is 16.2. The van der Waals surface area contributed by atoms with Gasteiger partial charge in [0.1, 0.15) is 6.61 Å². The SMILES string of the molecule is C[C@]12CCCCC1=CC[C@@H]1[C@@H]2CC[C@]2(C)C(C(=O)CO)=CC[C@@H]12. The van der Waals surface area contributed by atoms with Crippen molar-refractivity contribution in [3.05, 3.63) is 23.3 Å². The highest BCUT2D eigenvalue weighted by Gasteiger charge is 2.56. The highest BCUT2D eigenvalue weighted by Crippen LogP contribution is 2.64. The molecule has 2 saturated carbocycles. The van der Waals surface area contributed by atoms with Crippen LogP contribution >= 0.6 is 0 Å². The van der Waals surface area contributed by atoms with Crippen LogP contribution in [0.3, 0.4) is 0 Å². The minimum Gasteiger partial charge on any atom is -0.388 e. The third-order valence-corrected chi connectivity index (χ3v) is 8.04. The highest BCUT2D eigenvalue weighted by atomic mass is 16.3. The summed E-state index contributed by atoms with van der Waals surface area (Å²) in [7, 11) is 0. The predicted molar refractivity (Wildman–Crippen MR) is 91.9 cm³/mol. The van der Waals surface area contributed by atoms with E-state index in [0.29, 0.717) is 11.3 Å². The fourth-order valence-electron chi connectivity index (χ4n) is 6.78. The van der Waals surface area contributed by atoms with Crippen LogP contribution in [-0.4, -0.2) is 17.5 Å². The van der Waals surface area contributed by atoms with Crippen molar-refractivity contribution < 1.29 is 9.90 Å². The lowest BCUT2D eigenvalue weighted by Crippen LogP contribution is -2.49. The summed E-state index contributed by atoms with van der Waals surface area (Å²) in [5.74, 6) is 2.09. The number of hydrogen-bond donors (Lipinski definition) is 1. The summed E-state index contributed by atoms with van der Waals surface area (Å²) in [6.07, 6.45) is 14.8. The molecule has 0 aromatic carbocycles. The fourth-order valence-corrected chi connectivity index (χ4v) is 6.78. The molecule has 126 valence electrons. The van der Waals surface area contributed by atoms with Gasteiger partial charge < -0.3 is 5.11 Å². The van der Waals surface area contributed by atoms with Gasteiger partial charge in [-0.05, 0) is 79.1 Å². The van der Waals surface area contributed by atoms with E-state index in [1.165, 1.54) is 38.5 Å². The normalized spacial score (nSPS) is 45.4. The molecule has 0 saturated heterocycles. The largest absolute Gasteiger partial charge is 0.388 e. The number of carbonyl (C=O) groups excluding carboxylic acids is 1. The Bertz CT molecular complexity index is 587. The number of hydrogen-bond acceptors (Lipinski definition) is 2. The zero-order valence-electron chi connectivity index (χ0n) is 14.6. The van der Waals surface area contributed by atoms with Gasteiger partial charge in [-0.3, -0.25) is 4.79 Å². The summed E-state index contributed by atoms with van der Waals surface area (Å²) in [6, 6.07) is 0. The third-order valence-electron chi connectivity index (χ3n) is 8.04. The van der Waals surface area contributed by atoms with Gasteiger partial charge in [-0.15, -0.1) is 0 Å². The summed E-state index contributed by atoms with van der Waals surface area (Å²) in [6.45, 7) is 4.49. The molecule has 4 aliphatic rings. The monoisotopic (exact) mass is 314 g/mol. The Morgan fingerprint density at radius 1 is 1.13 bits per heavy atom. The third kappa shape index (κ3) is 2.06. The molecule has 2 nitrogen and oxygen atoms in total. The Hall–Kier alpha value is -0.890. The first-order chi connectivity index (χ1) is 11.0. The maximum absolute atomic E-state index is 12.2. The lowest BCUT2D eigenvalue weighted by molar-refractivity contribution is -0.120. The van der Waals surface area contributed by atoms with Gasteiger partial charge in [0.05, 0.1) is 0 Å². The summed E-state index contributed by atoms with van der Waals surface area (Å²) in [5.41, 5.74) is 3.11. The molecule has 0 amide bonds. The molecule has 0 unspecified atom stereocenters. The van der Waals surface area contributed by atoms with Crippen molar-refractivity contribution in [2.24, 2.45) is 28.6 Å². The predicted octanol–water partition coefficient (Wildman–Crippen LogP) is 4.44. The van der Waals surface area contributed by atoms with E-state index in [2.05, 4.69) is 26.0 Å². The second-order valence-corrected chi connectivity index (χ2v) is 8.86. The molecule has 2 fully saturated rings. The Morgan fingerprint density at radius 3 is 2.74 bits per heavy atom. The molecule has 23 heavy (non-hydrogen) atoms. The standard InChI is InChI=1S/C21H30O2/c1-20-11-4-3-5-14(20)6-7-15-16-8-9-18(19(23)13-22)21(16,2)12-10-17(15)20/h6,9,15-17,22H,3-5,7-8,10-13H2,1-2H3/t15-,16-,17-,20-,21-/m0/s1. The first kappa shape index (κ1) is 15.6. The second-order valence-electron chi connectivity index (χ2n) is 8.86. The van der Waals surface area contributed by atoms with Crippen LogP contribution < -0.4 is 0 Å². The summed E-state index contributed by atoms with van der Waals surface area (Å²) in [4.78, 5) is 12.2. The van der Waals surface area contributed by atoms with E-state index < -0.39 is 0 Å². The number of allylic oxidation sites excluding steroid dienone is 3. The van der Waals surface area contributed by atoms with E-state index in [4.69, 9.17) is 0 Å². The van der Waals surface area contributed by atoms with E-state index in [0.717, 1.165) is 30.3 Å². The molecule has 0 aliphatic heterocycles.